The van der Waals surface area contributed by atoms with Crippen molar-refractivity contribution in [2.24, 2.45) is 11.8 Å². The molecule has 0 aliphatic heterocycles. The van der Waals surface area contributed by atoms with Gasteiger partial charge in [-0.1, -0.05) is 57.3 Å². The van der Waals surface area contributed by atoms with Crippen LogP contribution in [0.4, 0.5) is 4.79 Å². The van der Waals surface area contributed by atoms with Crippen molar-refractivity contribution in [1.82, 2.24) is 20.9 Å². The number of hydrogen-bond acceptors (Lipinski definition) is 4. The van der Waals surface area contributed by atoms with Gasteiger partial charge in [-0.05, 0) is 48.8 Å². The fourth-order valence-corrected chi connectivity index (χ4v) is 5.43. The van der Waals surface area contributed by atoms with Gasteiger partial charge in [-0.2, -0.15) is 5.26 Å². The first-order valence-electron chi connectivity index (χ1n) is 12.4. The summed E-state index contributed by atoms with van der Waals surface area (Å²) in [5.74, 6) is -1.22. The van der Waals surface area contributed by atoms with Gasteiger partial charge >= 0.3 is 6.09 Å². The van der Waals surface area contributed by atoms with Crippen LogP contribution in [0.1, 0.15) is 58.2 Å². The third kappa shape index (κ3) is 6.31. The van der Waals surface area contributed by atoms with Crippen molar-refractivity contribution in [2.45, 2.75) is 77.4 Å². The maximum Gasteiger partial charge on any atom is 0.405 e. The lowest BCUT2D eigenvalue weighted by Crippen LogP contribution is -2.65. The largest absolute Gasteiger partial charge is 0.465 e. The average molecular weight is 550 g/mol. The number of carbonyl (C=O) groups is 3. The molecule has 3 rings (SSSR count). The molecule has 200 valence electrons. The number of aromatic amines is 1. The Hall–Kier alpha value is -2.96. The number of aromatic nitrogens is 1. The van der Waals surface area contributed by atoms with E-state index in [1.165, 1.54) is 0 Å². The summed E-state index contributed by atoms with van der Waals surface area (Å²) < 4.78 is 0. The predicted molar refractivity (Wildman–Crippen MR) is 143 cm³/mol. The van der Waals surface area contributed by atoms with E-state index in [0.29, 0.717) is 34.8 Å². The van der Waals surface area contributed by atoms with Crippen LogP contribution in [0.5, 0.6) is 0 Å². The van der Waals surface area contributed by atoms with Crippen molar-refractivity contribution in [2.75, 3.05) is 0 Å². The summed E-state index contributed by atoms with van der Waals surface area (Å²) in [7, 11) is 0. The Balaban J connectivity index is 2.05. The highest BCUT2D eigenvalue weighted by atomic mass is 35.5. The first kappa shape index (κ1) is 28.6. The molecule has 1 aromatic carbocycles. The molecule has 5 N–H and O–H groups in total. The maximum atomic E-state index is 13.8. The summed E-state index contributed by atoms with van der Waals surface area (Å²) in [6.07, 6.45) is 0.463. The van der Waals surface area contributed by atoms with Gasteiger partial charge in [0.1, 0.15) is 17.6 Å². The van der Waals surface area contributed by atoms with Crippen LogP contribution in [0, 0.1) is 23.2 Å². The van der Waals surface area contributed by atoms with Crippen LogP contribution in [0.3, 0.4) is 0 Å². The lowest BCUT2D eigenvalue weighted by molar-refractivity contribution is -0.136. The number of hydrogen-bond donors (Lipinski definition) is 5. The molecular weight excluding hydrogens is 517 g/mol. The monoisotopic (exact) mass is 549 g/mol. The standard InChI is InChI=1S/C26H33Cl2N5O4/c1-5-14(4)21(32-25(36)37)23(34)33-26(24(35)30-16(12-29)8-13(2)3)7-6-20-18(11-26)17-9-15(27)10-19(28)22(17)31-20/h9-10,13-14,16,21,31-32H,5-8,11H2,1-4H3,(H,30,35)(H,33,34)(H,36,37)/t14?,16-,21-,26+/m0/s1. The molecular formula is C26H33Cl2N5O4. The first-order chi connectivity index (χ1) is 17.4. The highest BCUT2D eigenvalue weighted by Crippen LogP contribution is 2.38. The second kappa shape index (κ2) is 11.6. The van der Waals surface area contributed by atoms with Crippen molar-refractivity contribution in [3.8, 4) is 6.07 Å². The van der Waals surface area contributed by atoms with E-state index < -0.39 is 35.5 Å². The molecule has 1 aromatic heterocycles. The Morgan fingerprint density at radius 1 is 1.22 bits per heavy atom. The molecule has 3 amide bonds. The zero-order chi connectivity index (χ0) is 27.5. The Morgan fingerprint density at radius 2 is 1.92 bits per heavy atom. The summed E-state index contributed by atoms with van der Waals surface area (Å²) >= 11 is 12.7. The normalized spacial score (nSPS) is 19.4. The van der Waals surface area contributed by atoms with Gasteiger partial charge < -0.3 is 26.0 Å². The van der Waals surface area contributed by atoms with E-state index in [1.807, 2.05) is 20.8 Å². The second-order valence-electron chi connectivity index (χ2n) is 10.2. The van der Waals surface area contributed by atoms with Gasteiger partial charge in [0.25, 0.3) is 0 Å². The quantitative estimate of drug-likeness (QED) is 0.311. The van der Waals surface area contributed by atoms with E-state index in [-0.39, 0.29) is 24.7 Å². The van der Waals surface area contributed by atoms with Crippen LogP contribution < -0.4 is 16.0 Å². The molecule has 1 aliphatic carbocycles. The number of nitrogens with zero attached hydrogens (tertiary/aromatic N) is 1. The van der Waals surface area contributed by atoms with Crippen LogP contribution in [0.15, 0.2) is 12.1 Å². The number of fused-ring (bicyclic) bond motifs is 3. The fourth-order valence-electron chi connectivity index (χ4n) is 4.89. The van der Waals surface area contributed by atoms with Crippen LogP contribution in [0.2, 0.25) is 10.0 Å². The number of carboxylic acid groups (broad SMARTS) is 1. The first-order valence-corrected chi connectivity index (χ1v) is 13.2. The van der Waals surface area contributed by atoms with E-state index in [1.54, 1.807) is 19.1 Å². The summed E-state index contributed by atoms with van der Waals surface area (Å²) in [6, 6.07) is 3.74. The molecule has 0 spiro atoms. The van der Waals surface area contributed by atoms with Crippen molar-refractivity contribution in [1.29, 1.82) is 5.26 Å². The minimum absolute atomic E-state index is 0.122. The summed E-state index contributed by atoms with van der Waals surface area (Å²) in [6.45, 7) is 7.53. The van der Waals surface area contributed by atoms with Crippen LogP contribution in [0.25, 0.3) is 10.9 Å². The third-order valence-corrected chi connectivity index (χ3v) is 7.56. The summed E-state index contributed by atoms with van der Waals surface area (Å²) in [5.41, 5.74) is 0.965. The molecule has 1 unspecified atom stereocenters. The topological polar surface area (TPSA) is 147 Å². The van der Waals surface area contributed by atoms with Gasteiger partial charge in [0, 0.05) is 22.5 Å². The second-order valence-corrected chi connectivity index (χ2v) is 11.1. The Labute approximate surface area is 226 Å². The fraction of sp³-hybridized carbons (Fsp3) is 0.538. The lowest BCUT2D eigenvalue weighted by Gasteiger charge is -2.39. The number of benzene rings is 1. The number of carbonyl (C=O) groups excluding carboxylic acids is 2. The van der Waals surface area contributed by atoms with Crippen LogP contribution in [-0.2, 0) is 22.4 Å². The smallest absolute Gasteiger partial charge is 0.405 e. The summed E-state index contributed by atoms with van der Waals surface area (Å²) in [5, 5.41) is 28.6. The number of nitrogens with one attached hydrogen (secondary N) is 4. The van der Waals surface area contributed by atoms with Crippen molar-refractivity contribution < 1.29 is 19.5 Å². The third-order valence-electron chi connectivity index (χ3n) is 7.04. The predicted octanol–water partition coefficient (Wildman–Crippen LogP) is 4.56. The number of aryl methyl sites for hydroxylation is 1. The van der Waals surface area contributed by atoms with Crippen molar-refractivity contribution >= 4 is 52.0 Å². The SMILES string of the molecule is CCC(C)[C@H](NC(=O)O)C(=O)N[C@]1(C(=O)N[C@H](C#N)CC(C)C)CCc2[nH]c3c(Cl)cc(Cl)cc3c2C1. The van der Waals surface area contributed by atoms with E-state index in [4.69, 9.17) is 23.2 Å². The number of amides is 3. The van der Waals surface area contributed by atoms with Crippen molar-refractivity contribution in [3.05, 3.63) is 33.4 Å². The van der Waals surface area contributed by atoms with Gasteiger partial charge in [0.05, 0.1) is 16.6 Å². The Bertz CT molecular complexity index is 1240. The van der Waals surface area contributed by atoms with Gasteiger partial charge in [0.15, 0.2) is 0 Å². The van der Waals surface area contributed by atoms with E-state index >= 15 is 0 Å². The molecule has 0 fully saturated rings. The minimum atomic E-state index is -1.41. The molecule has 9 nitrogen and oxygen atoms in total. The highest BCUT2D eigenvalue weighted by molar-refractivity contribution is 6.38. The minimum Gasteiger partial charge on any atom is -0.465 e. The van der Waals surface area contributed by atoms with E-state index in [9.17, 15) is 24.8 Å². The van der Waals surface area contributed by atoms with E-state index in [0.717, 1.165) is 16.6 Å². The van der Waals surface area contributed by atoms with Gasteiger partial charge in [0.2, 0.25) is 11.8 Å². The van der Waals surface area contributed by atoms with Gasteiger partial charge in [-0.25, -0.2) is 4.79 Å². The number of rotatable bonds is 9. The molecule has 1 aliphatic rings. The molecule has 0 radical (unpaired) electrons. The lowest BCUT2D eigenvalue weighted by atomic mass is 9.78. The number of halogens is 2. The zero-order valence-corrected chi connectivity index (χ0v) is 22.9. The summed E-state index contributed by atoms with van der Waals surface area (Å²) in [4.78, 5) is 42.0. The van der Waals surface area contributed by atoms with Gasteiger partial charge in [-0.15, -0.1) is 0 Å². The van der Waals surface area contributed by atoms with Gasteiger partial charge in [-0.3, -0.25) is 9.59 Å². The maximum absolute atomic E-state index is 13.8. The molecule has 11 heteroatoms. The molecule has 0 bridgehead atoms. The zero-order valence-electron chi connectivity index (χ0n) is 21.4. The van der Waals surface area contributed by atoms with Crippen LogP contribution in [-0.4, -0.2) is 45.6 Å². The average Bonchev–Trinajstić information content (AvgIpc) is 3.19. The highest BCUT2D eigenvalue weighted by Gasteiger charge is 2.46. The number of H-pyrrole nitrogens is 1. The molecule has 0 saturated heterocycles. The van der Waals surface area contributed by atoms with E-state index in [2.05, 4.69) is 27.0 Å². The molecule has 1 heterocycles. The van der Waals surface area contributed by atoms with Crippen molar-refractivity contribution in [3.63, 3.8) is 0 Å². The number of nitriles is 1. The molecule has 37 heavy (non-hydrogen) atoms. The van der Waals surface area contributed by atoms with Crippen LogP contribution >= 0.6 is 23.2 Å². The molecule has 2 aromatic rings. The molecule has 0 saturated carbocycles. The molecule has 4 atom stereocenters. The Kier molecular flexibility index (Phi) is 8.98. The Morgan fingerprint density at radius 3 is 2.51 bits per heavy atom.